The number of Topliss-reactive ketones (excluding diaryl/α,β-unsaturated/α-hetero) is 1. The molecule has 0 saturated carbocycles. The van der Waals surface area contributed by atoms with Gasteiger partial charge in [0.05, 0.1) is 13.2 Å². The smallest absolute Gasteiger partial charge is 0.160 e. The highest BCUT2D eigenvalue weighted by Gasteiger charge is 2.19. The average Bonchev–Trinajstić information content (AvgIpc) is 2.50. The predicted molar refractivity (Wildman–Crippen MR) is 88.6 cm³/mol. The van der Waals surface area contributed by atoms with Crippen LogP contribution in [0.25, 0.3) is 21.5 Å². The number of benzene rings is 3. The summed E-state index contributed by atoms with van der Waals surface area (Å²) in [5.74, 6) is 0.678. The Kier molecular flexibility index (Phi) is 3.59. The van der Waals surface area contributed by atoms with Crippen LogP contribution >= 0.6 is 0 Å². The zero-order valence-corrected chi connectivity index (χ0v) is 12.9. The van der Waals surface area contributed by atoms with Crippen molar-refractivity contribution in [3.63, 3.8) is 0 Å². The summed E-state index contributed by atoms with van der Waals surface area (Å²) in [5.41, 5.74) is 1.38. The fourth-order valence-electron chi connectivity index (χ4n) is 3.10. The van der Waals surface area contributed by atoms with E-state index in [0.29, 0.717) is 11.3 Å². The van der Waals surface area contributed by atoms with E-state index < -0.39 is 6.10 Å². The molecule has 3 aromatic rings. The molecule has 0 radical (unpaired) electrons. The van der Waals surface area contributed by atoms with Crippen molar-refractivity contribution in [3.05, 3.63) is 53.6 Å². The van der Waals surface area contributed by atoms with E-state index in [1.807, 2.05) is 30.3 Å². The van der Waals surface area contributed by atoms with Crippen molar-refractivity contribution in [1.29, 1.82) is 0 Å². The van der Waals surface area contributed by atoms with Crippen molar-refractivity contribution in [2.24, 2.45) is 0 Å². The van der Waals surface area contributed by atoms with Crippen LogP contribution in [0.4, 0.5) is 0 Å². The maximum absolute atomic E-state index is 12.0. The molecule has 1 unspecified atom stereocenters. The Morgan fingerprint density at radius 3 is 2.50 bits per heavy atom. The molecule has 1 N–H and O–H groups in total. The van der Waals surface area contributed by atoms with Gasteiger partial charge in [0.25, 0.3) is 0 Å². The van der Waals surface area contributed by atoms with Gasteiger partial charge in [-0.2, -0.15) is 0 Å². The maximum Gasteiger partial charge on any atom is 0.160 e. The molecule has 0 heterocycles. The number of methoxy groups -OCH3 is 1. The molecule has 0 aliphatic rings. The van der Waals surface area contributed by atoms with Crippen LogP contribution < -0.4 is 4.74 Å². The highest BCUT2D eigenvalue weighted by Crippen LogP contribution is 2.39. The van der Waals surface area contributed by atoms with Crippen LogP contribution in [-0.4, -0.2) is 18.0 Å². The Balaban J connectivity index is 2.62. The second kappa shape index (κ2) is 5.43. The Hall–Kier alpha value is -2.39. The first-order valence-electron chi connectivity index (χ1n) is 7.26. The van der Waals surface area contributed by atoms with Crippen molar-refractivity contribution < 1.29 is 14.6 Å². The summed E-state index contributed by atoms with van der Waals surface area (Å²) < 4.78 is 5.45. The lowest BCUT2D eigenvalue weighted by Gasteiger charge is -2.18. The number of carbonyl (C=O) groups excluding carboxylic acids is 1. The van der Waals surface area contributed by atoms with E-state index in [4.69, 9.17) is 4.74 Å². The van der Waals surface area contributed by atoms with Crippen LogP contribution in [0.3, 0.4) is 0 Å². The molecular weight excluding hydrogens is 276 g/mol. The molecule has 3 nitrogen and oxygen atoms in total. The van der Waals surface area contributed by atoms with Gasteiger partial charge < -0.3 is 9.84 Å². The molecule has 0 amide bonds. The monoisotopic (exact) mass is 294 g/mol. The number of aliphatic hydroxyl groups excluding tert-OH is 1. The first-order valence-corrected chi connectivity index (χ1v) is 7.26. The van der Waals surface area contributed by atoms with Gasteiger partial charge in [-0.05, 0) is 48.4 Å². The molecule has 3 heteroatoms. The maximum atomic E-state index is 12.0. The highest BCUT2D eigenvalue weighted by atomic mass is 16.5. The fraction of sp³-hybridized carbons (Fsp3) is 0.211. The molecule has 3 rings (SSSR count). The summed E-state index contributed by atoms with van der Waals surface area (Å²) in [5, 5.41) is 13.9. The topological polar surface area (TPSA) is 46.5 Å². The van der Waals surface area contributed by atoms with Gasteiger partial charge in [0.15, 0.2) is 5.78 Å². The number of ketones is 1. The normalized spacial score (nSPS) is 12.5. The first kappa shape index (κ1) is 14.5. The Morgan fingerprint density at radius 2 is 1.86 bits per heavy atom. The summed E-state index contributed by atoms with van der Waals surface area (Å²) in [6.07, 6.45) is -0.682. The Morgan fingerprint density at radius 1 is 1.14 bits per heavy atom. The number of carbonyl (C=O) groups is 1. The molecule has 1 atom stereocenters. The molecule has 0 bridgehead atoms. The molecule has 0 spiro atoms. The molecule has 0 fully saturated rings. The molecule has 3 aromatic carbocycles. The van der Waals surface area contributed by atoms with Gasteiger partial charge >= 0.3 is 0 Å². The minimum absolute atomic E-state index is 0.0233. The van der Waals surface area contributed by atoms with Crippen molar-refractivity contribution >= 4 is 27.3 Å². The van der Waals surface area contributed by atoms with Gasteiger partial charge in [-0.3, -0.25) is 4.79 Å². The number of aliphatic hydroxyl groups is 1. The Labute approximate surface area is 129 Å². The van der Waals surface area contributed by atoms with E-state index in [2.05, 4.69) is 0 Å². The third-order valence-electron chi connectivity index (χ3n) is 4.04. The SMILES string of the molecule is COc1ccc(C(C)=O)c2c(C(C)O)c3ccccc3cc12. The van der Waals surface area contributed by atoms with Crippen LogP contribution in [0.1, 0.15) is 35.9 Å². The fourth-order valence-corrected chi connectivity index (χ4v) is 3.10. The summed E-state index contributed by atoms with van der Waals surface area (Å²) >= 11 is 0. The van der Waals surface area contributed by atoms with Crippen molar-refractivity contribution in [1.82, 2.24) is 0 Å². The van der Waals surface area contributed by atoms with Crippen LogP contribution in [-0.2, 0) is 0 Å². The lowest BCUT2D eigenvalue weighted by Crippen LogP contribution is -2.02. The zero-order chi connectivity index (χ0) is 15.9. The minimum atomic E-state index is -0.682. The van der Waals surface area contributed by atoms with E-state index in [0.717, 1.165) is 27.1 Å². The van der Waals surface area contributed by atoms with Gasteiger partial charge in [0, 0.05) is 16.3 Å². The second-order valence-corrected chi connectivity index (χ2v) is 5.48. The molecule has 22 heavy (non-hydrogen) atoms. The van der Waals surface area contributed by atoms with Crippen molar-refractivity contribution in [2.75, 3.05) is 7.11 Å². The molecule has 0 aliphatic carbocycles. The summed E-state index contributed by atoms with van der Waals surface area (Å²) in [6, 6.07) is 13.5. The van der Waals surface area contributed by atoms with E-state index >= 15 is 0 Å². The van der Waals surface area contributed by atoms with Crippen molar-refractivity contribution in [2.45, 2.75) is 20.0 Å². The largest absolute Gasteiger partial charge is 0.496 e. The van der Waals surface area contributed by atoms with E-state index in [-0.39, 0.29) is 5.78 Å². The quantitative estimate of drug-likeness (QED) is 0.580. The molecule has 0 saturated heterocycles. The first-order chi connectivity index (χ1) is 10.5. The third kappa shape index (κ3) is 2.14. The van der Waals surface area contributed by atoms with Gasteiger partial charge in [-0.1, -0.05) is 24.3 Å². The highest BCUT2D eigenvalue weighted by molar-refractivity contribution is 6.14. The summed E-state index contributed by atoms with van der Waals surface area (Å²) in [4.78, 5) is 12.0. The van der Waals surface area contributed by atoms with Gasteiger partial charge in [-0.25, -0.2) is 0 Å². The summed E-state index contributed by atoms with van der Waals surface area (Å²) in [6.45, 7) is 3.27. The van der Waals surface area contributed by atoms with Crippen molar-refractivity contribution in [3.8, 4) is 5.75 Å². The second-order valence-electron chi connectivity index (χ2n) is 5.48. The molecular formula is C19H18O3. The lowest BCUT2D eigenvalue weighted by molar-refractivity contribution is 0.101. The minimum Gasteiger partial charge on any atom is -0.496 e. The summed E-state index contributed by atoms with van der Waals surface area (Å²) in [7, 11) is 1.61. The van der Waals surface area contributed by atoms with E-state index in [1.54, 1.807) is 33.1 Å². The standard InChI is InChI=1S/C19H18O3/c1-11(20)14-8-9-17(22-3)16-10-13-6-4-5-7-15(13)18(12(2)21)19(14)16/h4-10,12,21H,1-3H3. The van der Waals surface area contributed by atoms with E-state index in [1.165, 1.54) is 0 Å². The predicted octanol–water partition coefficient (Wildman–Crippen LogP) is 4.26. The Bertz CT molecular complexity index is 879. The van der Waals surface area contributed by atoms with Crippen LogP contribution in [0.2, 0.25) is 0 Å². The molecule has 112 valence electrons. The lowest BCUT2D eigenvalue weighted by atomic mass is 9.89. The number of hydrogen-bond donors (Lipinski definition) is 1. The molecule has 0 aliphatic heterocycles. The van der Waals surface area contributed by atoms with Crippen LogP contribution in [0.15, 0.2) is 42.5 Å². The van der Waals surface area contributed by atoms with Gasteiger partial charge in [0.2, 0.25) is 0 Å². The van der Waals surface area contributed by atoms with Gasteiger partial charge in [0.1, 0.15) is 5.75 Å². The average molecular weight is 294 g/mol. The van der Waals surface area contributed by atoms with Crippen LogP contribution in [0, 0.1) is 0 Å². The zero-order valence-electron chi connectivity index (χ0n) is 12.9. The number of rotatable bonds is 3. The van der Waals surface area contributed by atoms with E-state index in [9.17, 15) is 9.90 Å². The third-order valence-corrected chi connectivity index (χ3v) is 4.04. The molecule has 0 aromatic heterocycles. The van der Waals surface area contributed by atoms with Gasteiger partial charge in [-0.15, -0.1) is 0 Å². The van der Waals surface area contributed by atoms with Crippen LogP contribution in [0.5, 0.6) is 5.75 Å². The number of ether oxygens (including phenoxy) is 1. The number of fused-ring (bicyclic) bond motifs is 2. The number of hydrogen-bond acceptors (Lipinski definition) is 3.